The van der Waals surface area contributed by atoms with Gasteiger partial charge in [-0.2, -0.15) is 0 Å². The summed E-state index contributed by atoms with van der Waals surface area (Å²) in [7, 11) is 0. The number of rotatable bonds is 5. The molecule has 2 amide bonds. The lowest BCUT2D eigenvalue weighted by molar-refractivity contribution is -0.115. The van der Waals surface area contributed by atoms with E-state index in [1.165, 1.54) is 11.8 Å². The minimum Gasteiger partial charge on any atom is -0.369 e. The molecular formula is C18H15N3O2S. The highest BCUT2D eigenvalue weighted by Crippen LogP contribution is 2.23. The molecule has 0 radical (unpaired) electrons. The van der Waals surface area contributed by atoms with Crippen LogP contribution >= 0.6 is 11.8 Å². The Kier molecular flexibility index (Phi) is 4.77. The lowest BCUT2D eigenvalue weighted by Crippen LogP contribution is -2.16. The first-order valence-electron chi connectivity index (χ1n) is 7.31. The maximum absolute atomic E-state index is 12.5. The second kappa shape index (κ2) is 7.14. The van der Waals surface area contributed by atoms with Crippen LogP contribution in [-0.4, -0.2) is 22.6 Å². The van der Waals surface area contributed by atoms with Gasteiger partial charge in [-0.05, 0) is 30.3 Å². The van der Waals surface area contributed by atoms with E-state index in [1.54, 1.807) is 24.3 Å². The van der Waals surface area contributed by atoms with Gasteiger partial charge in [-0.15, -0.1) is 11.8 Å². The smallest absolute Gasteiger partial charge is 0.257 e. The third-order valence-electron chi connectivity index (χ3n) is 3.34. The second-order valence-corrected chi connectivity index (χ2v) is 6.11. The van der Waals surface area contributed by atoms with Crippen molar-refractivity contribution in [1.29, 1.82) is 0 Å². The molecule has 3 N–H and O–H groups in total. The van der Waals surface area contributed by atoms with Gasteiger partial charge in [0.05, 0.1) is 16.8 Å². The van der Waals surface area contributed by atoms with Crippen LogP contribution in [0.1, 0.15) is 10.4 Å². The first-order chi connectivity index (χ1) is 11.6. The number of aromatic nitrogens is 1. The number of fused-ring (bicyclic) bond motifs is 1. The van der Waals surface area contributed by atoms with Gasteiger partial charge in [0.1, 0.15) is 5.82 Å². The van der Waals surface area contributed by atoms with Crippen molar-refractivity contribution in [1.82, 2.24) is 4.98 Å². The van der Waals surface area contributed by atoms with Crippen molar-refractivity contribution in [2.75, 3.05) is 11.1 Å². The van der Waals surface area contributed by atoms with Gasteiger partial charge in [-0.25, -0.2) is 4.98 Å². The van der Waals surface area contributed by atoms with Gasteiger partial charge in [0.25, 0.3) is 5.91 Å². The third kappa shape index (κ3) is 3.72. The van der Waals surface area contributed by atoms with Gasteiger partial charge in [-0.3, -0.25) is 9.59 Å². The van der Waals surface area contributed by atoms with E-state index in [2.05, 4.69) is 10.3 Å². The van der Waals surface area contributed by atoms with Gasteiger partial charge in [0.15, 0.2) is 0 Å². The molecule has 0 spiro atoms. The molecule has 0 atom stereocenters. The monoisotopic (exact) mass is 337 g/mol. The maximum Gasteiger partial charge on any atom is 0.257 e. The molecule has 0 bridgehead atoms. The van der Waals surface area contributed by atoms with E-state index in [-0.39, 0.29) is 11.7 Å². The van der Waals surface area contributed by atoms with E-state index in [4.69, 9.17) is 5.73 Å². The van der Waals surface area contributed by atoms with Crippen LogP contribution in [0, 0.1) is 0 Å². The van der Waals surface area contributed by atoms with E-state index >= 15 is 0 Å². The molecule has 1 heterocycles. The predicted octanol–water partition coefficient (Wildman–Crippen LogP) is 3.06. The Morgan fingerprint density at radius 1 is 1.00 bits per heavy atom. The number of hydrogen-bond acceptors (Lipinski definition) is 4. The number of nitrogens with one attached hydrogen (secondary N) is 1. The number of pyridine rings is 1. The molecule has 0 unspecified atom stereocenters. The number of anilines is 1. The molecule has 2 aromatic carbocycles. The molecule has 0 saturated heterocycles. The third-order valence-corrected chi connectivity index (χ3v) is 4.44. The summed E-state index contributed by atoms with van der Waals surface area (Å²) in [5, 5.41) is 3.81. The van der Waals surface area contributed by atoms with Gasteiger partial charge in [0.2, 0.25) is 5.91 Å². The standard InChI is InChI=1S/C18H15N3O2S/c19-16(22)11-24-15-8-4-2-6-13(15)18(23)21-17-10-9-12-5-1-3-7-14(12)20-17/h1-10H,11H2,(H2,19,22)(H,20,21,23). The number of carbonyl (C=O) groups is 2. The number of para-hydroxylation sites is 1. The van der Waals surface area contributed by atoms with E-state index in [9.17, 15) is 9.59 Å². The molecule has 5 nitrogen and oxygen atoms in total. The molecule has 0 fully saturated rings. The summed E-state index contributed by atoms with van der Waals surface area (Å²) in [6.45, 7) is 0. The number of hydrogen-bond donors (Lipinski definition) is 2. The maximum atomic E-state index is 12.5. The van der Waals surface area contributed by atoms with Gasteiger partial charge in [-0.1, -0.05) is 30.3 Å². The van der Waals surface area contributed by atoms with Crippen molar-refractivity contribution < 1.29 is 9.59 Å². The molecule has 3 rings (SSSR count). The molecule has 0 saturated carbocycles. The summed E-state index contributed by atoms with van der Waals surface area (Å²) >= 11 is 1.24. The highest BCUT2D eigenvalue weighted by molar-refractivity contribution is 8.00. The van der Waals surface area contributed by atoms with Crippen LogP contribution < -0.4 is 11.1 Å². The normalized spacial score (nSPS) is 10.5. The SMILES string of the molecule is NC(=O)CSc1ccccc1C(=O)Nc1ccc2ccccc2n1. The molecule has 0 aliphatic carbocycles. The van der Waals surface area contributed by atoms with Gasteiger partial charge >= 0.3 is 0 Å². The summed E-state index contributed by atoms with van der Waals surface area (Å²) in [5.74, 6) is -0.0939. The fraction of sp³-hybridized carbons (Fsp3) is 0.0556. The number of benzene rings is 2. The topological polar surface area (TPSA) is 85.1 Å². The summed E-state index contributed by atoms with van der Waals surface area (Å²) in [4.78, 5) is 28.6. The van der Waals surface area contributed by atoms with Gasteiger partial charge in [0, 0.05) is 10.3 Å². The van der Waals surface area contributed by atoms with Crippen molar-refractivity contribution in [2.45, 2.75) is 4.90 Å². The fourth-order valence-electron chi connectivity index (χ4n) is 2.25. The number of primary amides is 1. The molecule has 3 aromatic rings. The lowest BCUT2D eigenvalue weighted by Gasteiger charge is -2.09. The van der Waals surface area contributed by atoms with E-state index in [0.29, 0.717) is 16.3 Å². The number of thioether (sulfide) groups is 1. The first-order valence-corrected chi connectivity index (χ1v) is 8.29. The highest BCUT2D eigenvalue weighted by atomic mass is 32.2. The Morgan fingerprint density at radius 3 is 2.58 bits per heavy atom. The summed E-state index contributed by atoms with van der Waals surface area (Å²) in [5.41, 5.74) is 6.47. The van der Waals surface area contributed by atoms with Crippen molar-refractivity contribution in [3.05, 3.63) is 66.2 Å². The van der Waals surface area contributed by atoms with E-state index in [0.717, 1.165) is 10.9 Å². The average Bonchev–Trinajstić information content (AvgIpc) is 2.60. The van der Waals surface area contributed by atoms with Crippen molar-refractivity contribution >= 4 is 40.3 Å². The fourth-order valence-corrected chi connectivity index (χ4v) is 3.04. The van der Waals surface area contributed by atoms with Crippen LogP contribution in [0.2, 0.25) is 0 Å². The molecule has 0 aliphatic heterocycles. The lowest BCUT2D eigenvalue weighted by atomic mass is 10.2. The van der Waals surface area contributed by atoms with Crippen molar-refractivity contribution in [2.24, 2.45) is 5.73 Å². The van der Waals surface area contributed by atoms with Crippen LogP contribution in [-0.2, 0) is 4.79 Å². The van der Waals surface area contributed by atoms with E-state index < -0.39 is 5.91 Å². The average molecular weight is 337 g/mol. The Hall–Kier alpha value is -2.86. The van der Waals surface area contributed by atoms with Crippen molar-refractivity contribution in [3.8, 4) is 0 Å². The number of carbonyl (C=O) groups excluding carboxylic acids is 2. The number of nitrogens with two attached hydrogens (primary N) is 1. The van der Waals surface area contributed by atoms with Crippen LogP contribution in [0.4, 0.5) is 5.82 Å². The quantitative estimate of drug-likeness (QED) is 0.701. The molecule has 24 heavy (non-hydrogen) atoms. The Labute approximate surface area is 143 Å². The van der Waals surface area contributed by atoms with Crippen LogP contribution in [0.15, 0.2) is 65.6 Å². The molecule has 1 aromatic heterocycles. The number of amides is 2. The Balaban J connectivity index is 1.82. The highest BCUT2D eigenvalue weighted by Gasteiger charge is 2.13. The van der Waals surface area contributed by atoms with Crippen LogP contribution in [0.3, 0.4) is 0 Å². The van der Waals surface area contributed by atoms with Crippen LogP contribution in [0.25, 0.3) is 10.9 Å². The zero-order chi connectivity index (χ0) is 16.9. The summed E-state index contributed by atoms with van der Waals surface area (Å²) in [6.07, 6.45) is 0. The van der Waals surface area contributed by atoms with Gasteiger partial charge < -0.3 is 11.1 Å². The van der Waals surface area contributed by atoms with Crippen LogP contribution in [0.5, 0.6) is 0 Å². The minimum atomic E-state index is -0.425. The number of nitrogens with zero attached hydrogens (tertiary/aromatic N) is 1. The largest absolute Gasteiger partial charge is 0.369 e. The van der Waals surface area contributed by atoms with E-state index in [1.807, 2.05) is 36.4 Å². The Bertz CT molecular complexity index is 911. The minimum absolute atomic E-state index is 0.124. The summed E-state index contributed by atoms with van der Waals surface area (Å²) in [6, 6.07) is 18.4. The zero-order valence-electron chi connectivity index (χ0n) is 12.7. The molecular weight excluding hydrogens is 322 g/mol. The molecule has 120 valence electrons. The predicted molar refractivity (Wildman–Crippen MR) is 96.1 cm³/mol. The second-order valence-electron chi connectivity index (χ2n) is 5.09. The first kappa shape index (κ1) is 16.0. The molecule has 0 aliphatic rings. The Morgan fingerprint density at radius 2 is 1.75 bits per heavy atom. The zero-order valence-corrected chi connectivity index (χ0v) is 13.5. The summed E-state index contributed by atoms with van der Waals surface area (Å²) < 4.78 is 0. The molecule has 6 heteroatoms. The van der Waals surface area contributed by atoms with Crippen molar-refractivity contribution in [3.63, 3.8) is 0 Å².